The molecule has 2 heteroatoms. The van der Waals surface area contributed by atoms with Crippen LogP contribution >= 0.6 is 0 Å². The number of nitrogens with one attached hydrogen (secondary N) is 1. The lowest BCUT2D eigenvalue weighted by atomic mass is 9.78. The van der Waals surface area contributed by atoms with Crippen molar-refractivity contribution in [1.82, 2.24) is 5.43 Å². The van der Waals surface area contributed by atoms with E-state index in [4.69, 9.17) is 5.84 Å². The largest absolute Gasteiger partial charge is 0.271 e. The Bertz CT molecular complexity index is 137. The molecule has 0 aliphatic heterocycles. The van der Waals surface area contributed by atoms with Crippen LogP contribution in [0.15, 0.2) is 0 Å². The van der Waals surface area contributed by atoms with Crippen molar-refractivity contribution in [1.29, 1.82) is 0 Å². The maximum atomic E-state index is 5.63. The molecule has 0 amide bonds. The molecule has 0 bridgehead atoms. The lowest BCUT2D eigenvalue weighted by Crippen LogP contribution is -2.42. The van der Waals surface area contributed by atoms with Crippen molar-refractivity contribution < 1.29 is 0 Å². The molecule has 84 valence electrons. The van der Waals surface area contributed by atoms with E-state index in [-0.39, 0.29) is 0 Å². The predicted molar refractivity (Wildman–Crippen MR) is 61.8 cm³/mol. The van der Waals surface area contributed by atoms with Gasteiger partial charge in [-0.1, -0.05) is 39.5 Å². The van der Waals surface area contributed by atoms with E-state index >= 15 is 0 Å². The average molecular weight is 198 g/mol. The smallest absolute Gasteiger partial charge is 0.0238 e. The molecule has 0 aromatic heterocycles. The second-order valence-electron chi connectivity index (χ2n) is 4.94. The van der Waals surface area contributed by atoms with Gasteiger partial charge in [-0.25, -0.2) is 0 Å². The molecule has 3 N–H and O–H groups in total. The van der Waals surface area contributed by atoms with Gasteiger partial charge in [-0.15, -0.1) is 0 Å². The molecular weight excluding hydrogens is 172 g/mol. The van der Waals surface area contributed by atoms with Crippen molar-refractivity contribution in [2.75, 3.05) is 0 Å². The molecule has 1 fully saturated rings. The summed E-state index contributed by atoms with van der Waals surface area (Å²) >= 11 is 0. The quantitative estimate of drug-likeness (QED) is 0.526. The van der Waals surface area contributed by atoms with Gasteiger partial charge in [-0.05, 0) is 31.1 Å². The van der Waals surface area contributed by atoms with E-state index in [1.54, 1.807) is 0 Å². The van der Waals surface area contributed by atoms with Crippen molar-refractivity contribution >= 4 is 0 Å². The van der Waals surface area contributed by atoms with Gasteiger partial charge in [-0.3, -0.25) is 11.3 Å². The van der Waals surface area contributed by atoms with Crippen LogP contribution in [0.25, 0.3) is 0 Å². The zero-order valence-corrected chi connectivity index (χ0v) is 9.76. The normalized spacial score (nSPS) is 30.2. The first-order valence-electron chi connectivity index (χ1n) is 6.24. The first-order valence-corrected chi connectivity index (χ1v) is 6.24. The molecular formula is C12H26N2. The van der Waals surface area contributed by atoms with Gasteiger partial charge in [0.15, 0.2) is 0 Å². The van der Waals surface area contributed by atoms with Crippen LogP contribution in [0, 0.1) is 11.8 Å². The maximum absolute atomic E-state index is 5.63. The number of hydrogen-bond acceptors (Lipinski definition) is 2. The molecule has 1 aliphatic carbocycles. The summed E-state index contributed by atoms with van der Waals surface area (Å²) in [6, 6.07) is 0.572. The van der Waals surface area contributed by atoms with E-state index in [0.29, 0.717) is 6.04 Å². The van der Waals surface area contributed by atoms with E-state index in [9.17, 15) is 0 Å². The zero-order valence-electron chi connectivity index (χ0n) is 9.76. The number of hydrazine groups is 1. The minimum absolute atomic E-state index is 0.572. The fraction of sp³-hybridized carbons (Fsp3) is 1.00. The molecule has 1 unspecified atom stereocenters. The Morgan fingerprint density at radius 1 is 1.29 bits per heavy atom. The molecule has 1 saturated carbocycles. The van der Waals surface area contributed by atoms with Crippen molar-refractivity contribution in [3.8, 4) is 0 Å². The Balaban J connectivity index is 2.29. The van der Waals surface area contributed by atoms with Crippen molar-refractivity contribution in [2.24, 2.45) is 17.7 Å². The number of hydrogen-bond donors (Lipinski definition) is 2. The van der Waals surface area contributed by atoms with Crippen LogP contribution in [-0.4, -0.2) is 6.04 Å². The van der Waals surface area contributed by atoms with Crippen LogP contribution in [0.1, 0.15) is 58.8 Å². The van der Waals surface area contributed by atoms with E-state index in [2.05, 4.69) is 19.3 Å². The number of rotatable bonds is 5. The molecule has 0 aromatic carbocycles. The number of nitrogens with two attached hydrogens (primary N) is 1. The Kier molecular flexibility index (Phi) is 5.49. The summed E-state index contributed by atoms with van der Waals surface area (Å²) in [4.78, 5) is 0. The average Bonchev–Trinajstić information content (AvgIpc) is 2.21. The highest BCUT2D eigenvalue weighted by Crippen LogP contribution is 2.31. The first-order chi connectivity index (χ1) is 6.77. The molecule has 1 atom stereocenters. The molecule has 0 heterocycles. The second-order valence-corrected chi connectivity index (χ2v) is 4.94. The van der Waals surface area contributed by atoms with Gasteiger partial charge in [0.2, 0.25) is 0 Å². The minimum Gasteiger partial charge on any atom is -0.271 e. The van der Waals surface area contributed by atoms with Crippen LogP contribution in [0.3, 0.4) is 0 Å². The molecule has 0 radical (unpaired) electrons. The minimum atomic E-state index is 0.572. The van der Waals surface area contributed by atoms with Crippen LogP contribution < -0.4 is 11.3 Å². The van der Waals surface area contributed by atoms with Crippen LogP contribution in [0.2, 0.25) is 0 Å². The summed E-state index contributed by atoms with van der Waals surface area (Å²) in [5.41, 5.74) is 3.02. The van der Waals surface area contributed by atoms with Crippen molar-refractivity contribution in [2.45, 2.75) is 64.8 Å². The highest BCUT2D eigenvalue weighted by molar-refractivity contribution is 4.79. The third-order valence-electron chi connectivity index (χ3n) is 3.71. The third-order valence-corrected chi connectivity index (χ3v) is 3.71. The molecule has 0 saturated heterocycles. The second kappa shape index (κ2) is 6.41. The highest BCUT2D eigenvalue weighted by atomic mass is 15.2. The lowest BCUT2D eigenvalue weighted by Gasteiger charge is -2.32. The fourth-order valence-corrected chi connectivity index (χ4v) is 2.57. The van der Waals surface area contributed by atoms with Gasteiger partial charge in [0, 0.05) is 6.04 Å². The van der Waals surface area contributed by atoms with Gasteiger partial charge < -0.3 is 0 Å². The summed E-state index contributed by atoms with van der Waals surface area (Å²) in [7, 11) is 0. The third kappa shape index (κ3) is 3.58. The van der Waals surface area contributed by atoms with Crippen molar-refractivity contribution in [3.63, 3.8) is 0 Å². The van der Waals surface area contributed by atoms with Gasteiger partial charge in [0.1, 0.15) is 0 Å². The zero-order chi connectivity index (χ0) is 10.4. The van der Waals surface area contributed by atoms with Crippen molar-refractivity contribution in [3.05, 3.63) is 0 Å². The van der Waals surface area contributed by atoms with Crippen LogP contribution in [0.5, 0.6) is 0 Å². The Morgan fingerprint density at radius 3 is 2.43 bits per heavy atom. The van der Waals surface area contributed by atoms with Gasteiger partial charge in [-0.2, -0.15) is 0 Å². The Hall–Kier alpha value is -0.0800. The Labute approximate surface area is 88.6 Å². The van der Waals surface area contributed by atoms with E-state index < -0.39 is 0 Å². The van der Waals surface area contributed by atoms with Gasteiger partial charge in [0.25, 0.3) is 0 Å². The fourth-order valence-electron chi connectivity index (χ4n) is 2.57. The van der Waals surface area contributed by atoms with E-state index in [1.165, 1.54) is 44.9 Å². The summed E-state index contributed by atoms with van der Waals surface area (Å²) in [5, 5.41) is 0. The van der Waals surface area contributed by atoms with Crippen LogP contribution in [-0.2, 0) is 0 Å². The molecule has 0 aromatic rings. The maximum Gasteiger partial charge on any atom is 0.0238 e. The van der Waals surface area contributed by atoms with E-state index in [1.807, 2.05) is 0 Å². The lowest BCUT2D eigenvalue weighted by molar-refractivity contribution is 0.221. The summed E-state index contributed by atoms with van der Waals surface area (Å²) in [6.07, 6.45) is 9.39. The van der Waals surface area contributed by atoms with Crippen LogP contribution in [0.4, 0.5) is 0 Å². The SMILES string of the molecule is CCCCC(NN)C1CCC(C)CC1. The molecule has 1 rings (SSSR count). The van der Waals surface area contributed by atoms with Gasteiger partial charge in [0.05, 0.1) is 0 Å². The molecule has 0 spiro atoms. The molecule has 1 aliphatic rings. The Morgan fingerprint density at radius 2 is 1.93 bits per heavy atom. The monoisotopic (exact) mass is 198 g/mol. The molecule has 2 nitrogen and oxygen atoms in total. The summed E-state index contributed by atoms with van der Waals surface area (Å²) < 4.78 is 0. The van der Waals surface area contributed by atoms with E-state index in [0.717, 1.165) is 11.8 Å². The molecule has 14 heavy (non-hydrogen) atoms. The topological polar surface area (TPSA) is 38.0 Å². The summed E-state index contributed by atoms with van der Waals surface area (Å²) in [6.45, 7) is 4.61. The predicted octanol–water partition coefficient (Wildman–Crippen LogP) is 2.83. The highest BCUT2D eigenvalue weighted by Gasteiger charge is 2.24. The first kappa shape index (κ1) is 12.0. The van der Waals surface area contributed by atoms with Gasteiger partial charge >= 0.3 is 0 Å². The number of unbranched alkanes of at least 4 members (excludes halogenated alkanes) is 1. The summed E-state index contributed by atoms with van der Waals surface area (Å²) in [5.74, 6) is 7.41. The standard InChI is InChI=1S/C12H26N2/c1-3-4-5-12(14-13)11-8-6-10(2)7-9-11/h10-12,14H,3-9,13H2,1-2H3.